The molecule has 0 radical (unpaired) electrons. The number of hydrogen-bond acceptors (Lipinski definition) is 7. The molecule has 1 aromatic carbocycles. The Morgan fingerprint density at radius 3 is 2.45 bits per heavy atom. The Bertz CT molecular complexity index is 1080. The number of anilines is 2. The van der Waals surface area contributed by atoms with Crippen molar-refractivity contribution in [3.8, 4) is 17.0 Å². The molecule has 2 heterocycles. The molecule has 3 aromatic rings. The largest absolute Gasteiger partial charge is 0.493 e. The van der Waals surface area contributed by atoms with Gasteiger partial charge < -0.3 is 20.9 Å². The molecule has 0 bridgehead atoms. The van der Waals surface area contributed by atoms with E-state index in [2.05, 4.69) is 20.3 Å². The number of pyridine rings is 1. The summed E-state index contributed by atoms with van der Waals surface area (Å²) < 4.78 is 51.8. The summed E-state index contributed by atoms with van der Waals surface area (Å²) in [6, 6.07) is 8.24. The molecular formula is C19H19F4N5O3. The average molecular weight is 441 g/mol. The standard InChI is InChI=1S/C17H18FN5O.C2HF3O2/c1-3-9-24-13-6-4-5-11(18)14(13)12-8-7-10-15(20-2)22-17(19)23-16(10)21-12;3-2(4,5)1(6)7/h4-8H,3,9H2,1-2H3,(H3,19,20,21,22,23);(H,6,7). The number of aliphatic carboxylic acids is 1. The number of nitrogens with two attached hydrogens (primary N) is 1. The Kier molecular flexibility index (Phi) is 7.51. The fourth-order valence-electron chi connectivity index (χ4n) is 2.44. The van der Waals surface area contributed by atoms with Crippen molar-refractivity contribution in [1.29, 1.82) is 0 Å². The Hall–Kier alpha value is -3.70. The highest BCUT2D eigenvalue weighted by Gasteiger charge is 2.38. The minimum Gasteiger partial charge on any atom is -0.493 e. The first-order valence-electron chi connectivity index (χ1n) is 8.92. The van der Waals surface area contributed by atoms with Crippen molar-refractivity contribution < 1.29 is 32.2 Å². The Morgan fingerprint density at radius 1 is 1.19 bits per heavy atom. The fraction of sp³-hybridized carbons (Fsp3) is 0.263. The average Bonchev–Trinajstić information content (AvgIpc) is 2.70. The Labute approximate surface area is 174 Å². The molecule has 0 aliphatic heterocycles. The SMILES string of the molecule is CCCOc1cccc(F)c1-c1ccc2c(NC)nc(N)nc2n1.O=C(O)C(F)(F)F. The highest BCUT2D eigenvalue weighted by atomic mass is 19.4. The van der Waals surface area contributed by atoms with Gasteiger partial charge in [-0.2, -0.15) is 23.1 Å². The van der Waals surface area contributed by atoms with Crippen LogP contribution < -0.4 is 15.8 Å². The molecule has 0 unspecified atom stereocenters. The maximum atomic E-state index is 14.4. The molecule has 0 saturated carbocycles. The first-order chi connectivity index (χ1) is 14.6. The second-order valence-electron chi connectivity index (χ2n) is 6.01. The van der Waals surface area contributed by atoms with E-state index in [1.54, 1.807) is 31.3 Å². The molecule has 0 aliphatic carbocycles. The molecule has 8 nitrogen and oxygen atoms in total. The van der Waals surface area contributed by atoms with Crippen molar-refractivity contribution in [3.63, 3.8) is 0 Å². The van der Waals surface area contributed by atoms with E-state index >= 15 is 0 Å². The van der Waals surface area contributed by atoms with Crippen LogP contribution in [0.4, 0.5) is 29.3 Å². The van der Waals surface area contributed by atoms with E-state index in [4.69, 9.17) is 20.4 Å². The van der Waals surface area contributed by atoms with E-state index in [1.165, 1.54) is 6.07 Å². The normalized spacial score (nSPS) is 10.9. The number of hydrogen-bond donors (Lipinski definition) is 3. The van der Waals surface area contributed by atoms with Gasteiger partial charge in [0.1, 0.15) is 17.4 Å². The molecule has 0 aliphatic rings. The smallest absolute Gasteiger partial charge is 0.490 e. The lowest BCUT2D eigenvalue weighted by Crippen LogP contribution is -2.21. The summed E-state index contributed by atoms with van der Waals surface area (Å²) in [5, 5.41) is 10.8. The molecular weight excluding hydrogens is 422 g/mol. The molecule has 0 amide bonds. The van der Waals surface area contributed by atoms with Crippen LogP contribution in [0.2, 0.25) is 0 Å². The molecule has 2 aromatic heterocycles. The Balaban J connectivity index is 0.000000423. The number of carboxylic acids is 1. The van der Waals surface area contributed by atoms with Gasteiger partial charge >= 0.3 is 12.1 Å². The number of ether oxygens (including phenoxy) is 1. The molecule has 3 rings (SSSR count). The molecule has 0 spiro atoms. The van der Waals surface area contributed by atoms with Gasteiger partial charge in [0.15, 0.2) is 5.65 Å². The van der Waals surface area contributed by atoms with E-state index in [0.29, 0.717) is 40.5 Å². The number of nitrogen functional groups attached to an aromatic ring is 1. The molecule has 0 atom stereocenters. The van der Waals surface area contributed by atoms with Crippen molar-refractivity contribution >= 4 is 28.8 Å². The lowest BCUT2D eigenvalue weighted by molar-refractivity contribution is -0.192. The van der Waals surface area contributed by atoms with E-state index in [9.17, 15) is 17.6 Å². The number of halogens is 4. The third-order valence-corrected chi connectivity index (χ3v) is 3.75. The predicted molar refractivity (Wildman–Crippen MR) is 106 cm³/mol. The summed E-state index contributed by atoms with van der Waals surface area (Å²) >= 11 is 0. The van der Waals surface area contributed by atoms with Crippen molar-refractivity contribution in [3.05, 3.63) is 36.1 Å². The van der Waals surface area contributed by atoms with Gasteiger partial charge in [0.05, 0.1) is 23.3 Å². The third-order valence-electron chi connectivity index (χ3n) is 3.75. The van der Waals surface area contributed by atoms with Crippen molar-refractivity contribution in [2.24, 2.45) is 0 Å². The zero-order chi connectivity index (χ0) is 23.2. The predicted octanol–water partition coefficient (Wildman–Crippen LogP) is 3.88. The second kappa shape index (κ2) is 9.87. The van der Waals surface area contributed by atoms with Crippen LogP contribution in [0.15, 0.2) is 30.3 Å². The summed E-state index contributed by atoms with van der Waals surface area (Å²) in [7, 11) is 1.74. The Morgan fingerprint density at radius 2 is 1.87 bits per heavy atom. The van der Waals surface area contributed by atoms with Crippen LogP contribution in [-0.4, -0.2) is 45.9 Å². The van der Waals surface area contributed by atoms with Crippen LogP contribution in [0, 0.1) is 5.82 Å². The quantitative estimate of drug-likeness (QED) is 0.510. The van der Waals surface area contributed by atoms with E-state index in [-0.39, 0.29) is 5.95 Å². The zero-order valence-electron chi connectivity index (χ0n) is 16.5. The highest BCUT2D eigenvalue weighted by molar-refractivity contribution is 5.89. The van der Waals surface area contributed by atoms with Gasteiger partial charge in [-0.05, 0) is 30.7 Å². The monoisotopic (exact) mass is 441 g/mol. The van der Waals surface area contributed by atoms with Gasteiger partial charge in [-0.3, -0.25) is 0 Å². The number of nitrogens with one attached hydrogen (secondary N) is 1. The van der Waals surface area contributed by atoms with Crippen molar-refractivity contribution in [1.82, 2.24) is 15.0 Å². The van der Waals surface area contributed by atoms with Gasteiger partial charge in [0, 0.05) is 7.05 Å². The lowest BCUT2D eigenvalue weighted by atomic mass is 10.1. The van der Waals surface area contributed by atoms with Crippen LogP contribution in [0.1, 0.15) is 13.3 Å². The highest BCUT2D eigenvalue weighted by Crippen LogP contribution is 2.33. The van der Waals surface area contributed by atoms with Crippen LogP contribution in [0.5, 0.6) is 5.75 Å². The van der Waals surface area contributed by atoms with Gasteiger partial charge in [-0.25, -0.2) is 14.2 Å². The van der Waals surface area contributed by atoms with Crippen molar-refractivity contribution in [2.45, 2.75) is 19.5 Å². The molecule has 12 heteroatoms. The number of carbonyl (C=O) groups is 1. The zero-order valence-corrected chi connectivity index (χ0v) is 16.5. The third kappa shape index (κ3) is 5.90. The molecule has 31 heavy (non-hydrogen) atoms. The van der Waals surface area contributed by atoms with Crippen LogP contribution in [0.25, 0.3) is 22.3 Å². The minimum absolute atomic E-state index is 0.104. The fourth-order valence-corrected chi connectivity index (χ4v) is 2.44. The molecule has 0 saturated heterocycles. The number of nitrogens with zero attached hydrogens (tertiary/aromatic N) is 3. The van der Waals surface area contributed by atoms with Crippen LogP contribution >= 0.6 is 0 Å². The van der Waals surface area contributed by atoms with Crippen LogP contribution in [-0.2, 0) is 4.79 Å². The maximum absolute atomic E-state index is 14.4. The minimum atomic E-state index is -5.08. The summed E-state index contributed by atoms with van der Waals surface area (Å²) in [5.74, 6) is -2.02. The van der Waals surface area contributed by atoms with E-state index in [1.807, 2.05) is 6.92 Å². The molecule has 4 N–H and O–H groups in total. The first kappa shape index (κ1) is 23.6. The van der Waals surface area contributed by atoms with Gasteiger partial charge in [-0.15, -0.1) is 0 Å². The number of benzene rings is 1. The molecule has 166 valence electrons. The topological polar surface area (TPSA) is 123 Å². The number of rotatable bonds is 5. The van der Waals surface area contributed by atoms with Crippen molar-refractivity contribution in [2.75, 3.05) is 24.7 Å². The number of aromatic nitrogens is 3. The number of alkyl halides is 3. The first-order valence-corrected chi connectivity index (χ1v) is 8.92. The molecule has 0 fully saturated rings. The summed E-state index contributed by atoms with van der Waals surface area (Å²) in [6.07, 6.45) is -4.25. The number of fused-ring (bicyclic) bond motifs is 1. The maximum Gasteiger partial charge on any atom is 0.490 e. The summed E-state index contributed by atoms with van der Waals surface area (Å²) in [5.41, 5.74) is 6.86. The lowest BCUT2D eigenvalue weighted by Gasteiger charge is -2.12. The summed E-state index contributed by atoms with van der Waals surface area (Å²) in [6.45, 7) is 2.50. The van der Waals surface area contributed by atoms with Gasteiger partial charge in [0.25, 0.3) is 0 Å². The summed E-state index contributed by atoms with van der Waals surface area (Å²) in [4.78, 5) is 21.6. The van der Waals surface area contributed by atoms with Gasteiger partial charge in [0.2, 0.25) is 5.95 Å². The van der Waals surface area contributed by atoms with Gasteiger partial charge in [-0.1, -0.05) is 13.0 Å². The van der Waals surface area contributed by atoms with E-state index in [0.717, 1.165) is 6.42 Å². The van der Waals surface area contributed by atoms with Crippen LogP contribution in [0.3, 0.4) is 0 Å². The number of carboxylic acid groups (broad SMARTS) is 1. The second-order valence-corrected chi connectivity index (χ2v) is 6.01. The van der Waals surface area contributed by atoms with E-state index < -0.39 is 18.0 Å².